The highest BCUT2D eigenvalue weighted by Gasteiger charge is 2.06. The van der Waals surface area contributed by atoms with E-state index >= 15 is 0 Å². The number of fused-ring (bicyclic) bond motifs is 1. The minimum atomic E-state index is -0.397. The van der Waals surface area contributed by atoms with Gasteiger partial charge >= 0.3 is 0 Å². The van der Waals surface area contributed by atoms with Crippen LogP contribution in [-0.2, 0) is 0 Å². The van der Waals surface area contributed by atoms with E-state index in [1.807, 2.05) is 0 Å². The molecule has 88 valence electrons. The van der Waals surface area contributed by atoms with E-state index in [0.717, 1.165) is 17.1 Å². The number of benzene rings is 1. The highest BCUT2D eigenvalue weighted by Crippen LogP contribution is 2.27. The Morgan fingerprint density at radius 2 is 2.18 bits per heavy atom. The van der Waals surface area contributed by atoms with E-state index in [1.165, 1.54) is 0 Å². The maximum atomic E-state index is 12.0. The minimum Gasteiger partial charge on any atom is -0.493 e. The topological polar surface area (TPSA) is 39.2 Å². The second-order valence-electron chi connectivity index (χ2n) is 3.58. The molecule has 0 saturated heterocycles. The lowest BCUT2D eigenvalue weighted by Gasteiger charge is -2.09. The number of ether oxygens (including phenoxy) is 1. The van der Waals surface area contributed by atoms with Crippen LogP contribution in [0.4, 0.5) is 4.39 Å². The van der Waals surface area contributed by atoms with E-state index in [1.54, 1.807) is 30.6 Å². The number of carbonyl (C=O) groups excluding carboxylic acids is 1. The molecule has 3 nitrogen and oxygen atoms in total. The predicted octanol–water partition coefficient (Wildman–Crippen LogP) is 2.79. The molecule has 2 aromatic rings. The number of hydrogen-bond acceptors (Lipinski definition) is 3. The average Bonchev–Trinajstić information content (AvgIpc) is 2.39. The summed E-state index contributed by atoms with van der Waals surface area (Å²) in [5, 5.41) is 1.57. The van der Waals surface area contributed by atoms with Crippen LogP contribution in [0.2, 0.25) is 0 Å². The van der Waals surface area contributed by atoms with Crippen molar-refractivity contribution in [1.82, 2.24) is 4.98 Å². The van der Waals surface area contributed by atoms with Gasteiger partial charge in [0.15, 0.2) is 6.29 Å². The zero-order valence-electron chi connectivity index (χ0n) is 9.23. The van der Waals surface area contributed by atoms with Crippen molar-refractivity contribution in [3.8, 4) is 5.75 Å². The third-order valence-electron chi connectivity index (χ3n) is 2.47. The molecule has 0 aliphatic rings. The second-order valence-corrected chi connectivity index (χ2v) is 3.58. The first-order chi connectivity index (χ1) is 8.36. The van der Waals surface area contributed by atoms with Crippen LogP contribution < -0.4 is 4.74 Å². The normalized spacial score (nSPS) is 10.4. The van der Waals surface area contributed by atoms with Crippen LogP contribution in [0.3, 0.4) is 0 Å². The summed E-state index contributed by atoms with van der Waals surface area (Å²) in [5.41, 5.74) is 0.575. The molecule has 0 N–H and O–H groups in total. The molecule has 0 aliphatic carbocycles. The van der Waals surface area contributed by atoms with Crippen molar-refractivity contribution in [2.75, 3.05) is 13.3 Å². The van der Waals surface area contributed by atoms with Crippen molar-refractivity contribution >= 4 is 17.1 Å². The molecule has 0 bridgehead atoms. The molecule has 0 spiro atoms. The molecular weight excluding hydrogens is 221 g/mol. The fraction of sp³-hybridized carbons (Fsp3) is 0.231. The van der Waals surface area contributed by atoms with E-state index in [4.69, 9.17) is 4.74 Å². The van der Waals surface area contributed by atoms with Crippen LogP contribution in [0.1, 0.15) is 16.8 Å². The minimum absolute atomic E-state index is 0.328. The van der Waals surface area contributed by atoms with Crippen LogP contribution in [-0.4, -0.2) is 24.6 Å². The van der Waals surface area contributed by atoms with Crippen molar-refractivity contribution in [2.24, 2.45) is 0 Å². The molecular formula is C13H12FNO2. The Bertz CT molecular complexity index is 528. The first-order valence-corrected chi connectivity index (χ1v) is 5.37. The number of rotatable bonds is 5. The predicted molar refractivity (Wildman–Crippen MR) is 63.2 cm³/mol. The number of aldehydes is 1. The molecule has 0 fully saturated rings. The van der Waals surface area contributed by atoms with Gasteiger partial charge in [0.25, 0.3) is 0 Å². The summed E-state index contributed by atoms with van der Waals surface area (Å²) >= 11 is 0. The number of nitrogens with zero attached hydrogens (tertiary/aromatic N) is 1. The van der Waals surface area contributed by atoms with Gasteiger partial charge in [-0.25, -0.2) is 0 Å². The molecule has 2 rings (SSSR count). The molecule has 0 aliphatic heterocycles. The lowest BCUT2D eigenvalue weighted by atomic mass is 10.1. The lowest BCUT2D eigenvalue weighted by Crippen LogP contribution is -1.99. The van der Waals surface area contributed by atoms with Crippen molar-refractivity contribution in [3.63, 3.8) is 0 Å². The van der Waals surface area contributed by atoms with Gasteiger partial charge in [-0.2, -0.15) is 0 Å². The maximum Gasteiger partial charge on any atom is 0.150 e. The molecule has 0 unspecified atom stereocenters. The van der Waals surface area contributed by atoms with Gasteiger partial charge in [0.05, 0.1) is 13.3 Å². The largest absolute Gasteiger partial charge is 0.493 e. The molecule has 0 radical (unpaired) electrons. The number of hydrogen-bond donors (Lipinski definition) is 0. The summed E-state index contributed by atoms with van der Waals surface area (Å²) in [6.45, 7) is -0.0692. The van der Waals surface area contributed by atoms with E-state index in [9.17, 15) is 9.18 Å². The summed E-state index contributed by atoms with van der Waals surface area (Å²) in [4.78, 5) is 14.9. The van der Waals surface area contributed by atoms with Crippen molar-refractivity contribution in [1.29, 1.82) is 0 Å². The Labute approximate surface area is 98.2 Å². The quantitative estimate of drug-likeness (QED) is 0.588. The average molecular weight is 233 g/mol. The number of alkyl halides is 1. The SMILES string of the molecule is O=Cc1ccc(OCCCF)c2ccncc12. The number of aromatic nitrogens is 1. The van der Waals surface area contributed by atoms with Gasteiger partial charge in [-0.15, -0.1) is 0 Å². The van der Waals surface area contributed by atoms with Crippen molar-refractivity contribution in [2.45, 2.75) is 6.42 Å². The van der Waals surface area contributed by atoms with E-state index in [0.29, 0.717) is 24.3 Å². The zero-order valence-corrected chi connectivity index (χ0v) is 9.23. The summed E-state index contributed by atoms with van der Waals surface area (Å²) in [7, 11) is 0. The van der Waals surface area contributed by atoms with Crippen LogP contribution >= 0.6 is 0 Å². The third-order valence-corrected chi connectivity index (χ3v) is 2.47. The van der Waals surface area contributed by atoms with Crippen molar-refractivity contribution in [3.05, 3.63) is 36.2 Å². The smallest absolute Gasteiger partial charge is 0.150 e. The lowest BCUT2D eigenvalue weighted by molar-refractivity contribution is 0.112. The molecule has 1 aromatic carbocycles. The molecule has 1 heterocycles. The summed E-state index contributed by atoms with van der Waals surface area (Å²) in [5.74, 6) is 0.654. The van der Waals surface area contributed by atoms with Crippen LogP contribution in [0.15, 0.2) is 30.6 Å². The first-order valence-electron chi connectivity index (χ1n) is 5.37. The van der Waals surface area contributed by atoms with E-state index in [-0.39, 0.29) is 0 Å². The Hall–Kier alpha value is -1.97. The van der Waals surface area contributed by atoms with E-state index in [2.05, 4.69) is 4.98 Å². The van der Waals surface area contributed by atoms with Gasteiger partial charge in [0.1, 0.15) is 5.75 Å². The van der Waals surface area contributed by atoms with Gasteiger partial charge in [0.2, 0.25) is 0 Å². The Morgan fingerprint density at radius 1 is 1.29 bits per heavy atom. The summed E-state index contributed by atoms with van der Waals surface area (Å²) < 4.78 is 17.5. The number of carbonyl (C=O) groups is 1. The van der Waals surface area contributed by atoms with Gasteiger partial charge in [-0.1, -0.05) is 0 Å². The fourth-order valence-corrected chi connectivity index (χ4v) is 1.65. The van der Waals surface area contributed by atoms with Crippen LogP contribution in [0.5, 0.6) is 5.75 Å². The number of pyridine rings is 1. The molecule has 0 amide bonds. The molecule has 4 heteroatoms. The van der Waals surface area contributed by atoms with Crippen molar-refractivity contribution < 1.29 is 13.9 Å². The molecule has 0 atom stereocenters. The van der Waals surface area contributed by atoms with Gasteiger partial charge < -0.3 is 4.74 Å². The number of halogens is 1. The molecule has 0 saturated carbocycles. The molecule has 17 heavy (non-hydrogen) atoms. The Morgan fingerprint density at radius 3 is 2.94 bits per heavy atom. The second kappa shape index (κ2) is 5.39. The Kier molecular flexibility index (Phi) is 3.65. The molecule has 1 aromatic heterocycles. The summed E-state index contributed by atoms with van der Waals surface area (Å²) in [6, 6.07) is 5.19. The zero-order chi connectivity index (χ0) is 12.1. The van der Waals surface area contributed by atoms with Gasteiger partial charge in [-0.3, -0.25) is 14.2 Å². The van der Waals surface area contributed by atoms with Crippen LogP contribution in [0, 0.1) is 0 Å². The van der Waals surface area contributed by atoms with Crippen LogP contribution in [0.25, 0.3) is 10.8 Å². The monoisotopic (exact) mass is 233 g/mol. The standard InChI is InChI=1S/C13H12FNO2/c14-5-1-7-17-13-3-2-10(9-16)12-8-15-6-4-11(12)13/h2-4,6,8-9H,1,5,7H2. The fourth-order valence-electron chi connectivity index (χ4n) is 1.65. The highest BCUT2D eigenvalue weighted by molar-refractivity contribution is 6.00. The Balaban J connectivity index is 2.40. The van der Waals surface area contributed by atoms with Gasteiger partial charge in [0, 0.05) is 35.2 Å². The third kappa shape index (κ3) is 2.41. The van der Waals surface area contributed by atoms with E-state index < -0.39 is 6.67 Å². The maximum absolute atomic E-state index is 12.0. The highest BCUT2D eigenvalue weighted by atomic mass is 19.1. The van der Waals surface area contributed by atoms with Gasteiger partial charge in [-0.05, 0) is 18.2 Å². The summed E-state index contributed by atoms with van der Waals surface area (Å²) in [6.07, 6.45) is 4.41. The first kappa shape index (κ1) is 11.5.